The van der Waals surface area contributed by atoms with E-state index >= 15 is 0 Å². The first-order valence-electron chi connectivity index (χ1n) is 21.8. The third kappa shape index (κ3) is 10.4. The zero-order valence-electron chi connectivity index (χ0n) is 36.1. The number of hydrogen-bond donors (Lipinski definition) is 4. The molecule has 2 aliphatic rings. The van der Waals surface area contributed by atoms with Gasteiger partial charge in [-0.3, -0.25) is 29.4 Å². The number of methoxy groups -OCH3 is 2. The molecular weight excluding hydrogens is 803 g/mol. The van der Waals surface area contributed by atoms with Gasteiger partial charge in [-0.05, 0) is 92.1 Å². The van der Waals surface area contributed by atoms with Gasteiger partial charge >= 0.3 is 0 Å². The minimum Gasteiger partial charge on any atom is -0.493 e. The maximum atomic E-state index is 13.1. The fraction of sp³-hybridized carbons (Fsp3) is 0.417. The van der Waals surface area contributed by atoms with Crippen LogP contribution in [0, 0.1) is 6.92 Å². The molecule has 4 amide bonds. The van der Waals surface area contributed by atoms with Crippen molar-refractivity contribution in [1.82, 2.24) is 25.5 Å². The molecule has 5 aromatic rings. The number of nitrogens with zero attached hydrogens (tertiary/aromatic N) is 3. The molecule has 1 fully saturated rings. The molecule has 62 heavy (non-hydrogen) atoms. The molecule has 2 aliphatic heterocycles. The van der Waals surface area contributed by atoms with Crippen LogP contribution in [0.25, 0.3) is 22.0 Å². The number of ether oxygens (including phenoxy) is 2. The number of carbonyl (C=O) groups excluding carboxylic acids is 4. The van der Waals surface area contributed by atoms with Gasteiger partial charge in [0.2, 0.25) is 11.8 Å². The van der Waals surface area contributed by atoms with Gasteiger partial charge in [-0.1, -0.05) is 69.2 Å². The Morgan fingerprint density at radius 1 is 0.806 bits per heavy atom. The van der Waals surface area contributed by atoms with E-state index < -0.39 is 23.8 Å². The summed E-state index contributed by atoms with van der Waals surface area (Å²) in [4.78, 5) is 61.5. The quantitative estimate of drug-likeness (QED) is 0.0388. The second-order valence-electron chi connectivity index (χ2n) is 16.1. The van der Waals surface area contributed by atoms with Crippen molar-refractivity contribution in [2.45, 2.75) is 103 Å². The molecule has 0 bridgehead atoms. The minimum absolute atomic E-state index is 0.0318. The standard InChI is InChI=1S/C48H57N7O6S/c1-30(51-45-38-26-41(60-3)42(61-4)27-39(38)52-31(2)53-45)43-24-33(29-62-43)35-17-13-12-16-32(35)28-49-22-14-10-8-6-5-7-9-11-15-23-50-34-18-19-36-37(25-34)48(59)55(47(36)58)40-20-21-44(56)54-46(40)57/h12-13,16-19,24-27,29-30,40,49-50H,5-11,14-15,20-23,28H2,1-4H3,(H,51,52,53)(H,54,56,57). The van der Waals surface area contributed by atoms with E-state index in [0.29, 0.717) is 28.5 Å². The van der Waals surface area contributed by atoms with Gasteiger partial charge in [-0.2, -0.15) is 0 Å². The predicted octanol–water partition coefficient (Wildman–Crippen LogP) is 8.97. The Balaban J connectivity index is 0.763. The van der Waals surface area contributed by atoms with E-state index in [4.69, 9.17) is 14.5 Å². The maximum Gasteiger partial charge on any atom is 0.262 e. The highest BCUT2D eigenvalue weighted by atomic mass is 32.1. The number of thiophene rings is 1. The molecule has 4 N–H and O–H groups in total. The van der Waals surface area contributed by atoms with E-state index in [1.54, 1.807) is 43.8 Å². The first-order valence-corrected chi connectivity index (χ1v) is 22.7. The maximum absolute atomic E-state index is 13.1. The van der Waals surface area contributed by atoms with E-state index in [1.807, 2.05) is 19.1 Å². The average Bonchev–Trinajstić information content (AvgIpc) is 3.86. The number of benzene rings is 3. The second-order valence-corrected chi connectivity index (χ2v) is 17.0. The number of anilines is 2. The van der Waals surface area contributed by atoms with Crippen molar-refractivity contribution < 1.29 is 28.7 Å². The number of nitrogens with one attached hydrogen (secondary N) is 4. The molecular formula is C48H57N7O6S. The van der Waals surface area contributed by atoms with Crippen molar-refractivity contribution in [2.24, 2.45) is 0 Å². The van der Waals surface area contributed by atoms with E-state index in [-0.39, 0.29) is 24.8 Å². The highest BCUT2D eigenvalue weighted by Gasteiger charge is 2.44. The highest BCUT2D eigenvalue weighted by molar-refractivity contribution is 7.10. The van der Waals surface area contributed by atoms with Gasteiger partial charge in [0.05, 0.1) is 36.9 Å². The van der Waals surface area contributed by atoms with Gasteiger partial charge in [0, 0.05) is 41.5 Å². The summed E-state index contributed by atoms with van der Waals surface area (Å²) < 4.78 is 11.1. The van der Waals surface area contributed by atoms with Crippen LogP contribution in [-0.4, -0.2) is 71.8 Å². The lowest BCUT2D eigenvalue weighted by Crippen LogP contribution is -2.54. The van der Waals surface area contributed by atoms with Gasteiger partial charge < -0.3 is 25.4 Å². The van der Waals surface area contributed by atoms with Crippen molar-refractivity contribution in [2.75, 3.05) is 37.9 Å². The van der Waals surface area contributed by atoms with Gasteiger partial charge in [0.1, 0.15) is 17.7 Å². The van der Waals surface area contributed by atoms with Crippen LogP contribution < -0.4 is 30.7 Å². The van der Waals surface area contributed by atoms with Gasteiger partial charge in [-0.15, -0.1) is 11.3 Å². The molecule has 1 saturated heterocycles. The highest BCUT2D eigenvalue weighted by Crippen LogP contribution is 2.37. The normalized spacial score (nSPS) is 15.5. The van der Waals surface area contributed by atoms with Crippen molar-refractivity contribution in [3.63, 3.8) is 0 Å². The van der Waals surface area contributed by atoms with E-state index in [0.717, 1.165) is 66.2 Å². The summed E-state index contributed by atoms with van der Waals surface area (Å²) in [6.45, 7) is 6.65. The van der Waals surface area contributed by atoms with Gasteiger partial charge in [0.25, 0.3) is 11.8 Å². The molecule has 2 atom stereocenters. The summed E-state index contributed by atoms with van der Waals surface area (Å²) >= 11 is 1.75. The Bertz CT molecular complexity index is 2420. The number of fused-ring (bicyclic) bond motifs is 2. The van der Waals surface area contributed by atoms with E-state index in [2.05, 4.69) is 68.9 Å². The van der Waals surface area contributed by atoms with Crippen LogP contribution in [0.5, 0.6) is 11.5 Å². The summed E-state index contributed by atoms with van der Waals surface area (Å²) in [5.41, 5.74) is 5.93. The van der Waals surface area contributed by atoms with Crippen molar-refractivity contribution >= 4 is 57.4 Å². The third-order valence-corrected chi connectivity index (χ3v) is 12.8. The zero-order valence-corrected chi connectivity index (χ0v) is 36.9. The average molecular weight is 860 g/mol. The molecule has 2 aromatic heterocycles. The number of aromatic nitrogens is 2. The molecule has 0 radical (unpaired) electrons. The number of unbranched alkanes of at least 4 members (excludes halogenated alkanes) is 8. The molecule has 0 aliphatic carbocycles. The summed E-state index contributed by atoms with van der Waals surface area (Å²) in [7, 11) is 3.26. The van der Waals surface area contributed by atoms with Crippen LogP contribution in [-0.2, 0) is 16.1 Å². The molecule has 0 saturated carbocycles. The zero-order chi connectivity index (χ0) is 43.6. The first kappa shape index (κ1) is 44.2. The Hall–Kier alpha value is -5.86. The van der Waals surface area contributed by atoms with E-state index in [1.165, 1.54) is 60.1 Å². The number of rotatable bonds is 22. The Morgan fingerprint density at radius 2 is 1.50 bits per heavy atom. The molecule has 7 rings (SSSR count). The Morgan fingerprint density at radius 3 is 2.24 bits per heavy atom. The molecule has 4 heterocycles. The number of hydrogen-bond acceptors (Lipinski definition) is 12. The van der Waals surface area contributed by atoms with Crippen LogP contribution in [0.2, 0.25) is 0 Å². The summed E-state index contributed by atoms with van der Waals surface area (Å²) in [6.07, 6.45) is 10.9. The molecule has 3 aromatic carbocycles. The second kappa shape index (κ2) is 20.8. The molecule has 326 valence electrons. The van der Waals surface area contributed by atoms with Gasteiger partial charge in [-0.25, -0.2) is 9.97 Å². The molecule has 2 unspecified atom stereocenters. The topological polar surface area (TPSA) is 164 Å². The minimum atomic E-state index is -0.956. The van der Waals surface area contributed by atoms with Crippen LogP contribution >= 0.6 is 11.3 Å². The fourth-order valence-electron chi connectivity index (χ4n) is 8.28. The SMILES string of the molecule is COc1cc2nc(C)nc(NC(C)c3cc(-c4ccccc4CNCCCCCCCCCCCNc4ccc5c(c4)C(=O)N(C4CCC(=O)NC4=O)C5=O)cs3)c2cc1OC. The molecule has 0 spiro atoms. The lowest BCUT2D eigenvalue weighted by Gasteiger charge is -2.27. The van der Waals surface area contributed by atoms with Crippen LogP contribution in [0.4, 0.5) is 11.5 Å². The smallest absolute Gasteiger partial charge is 0.262 e. The van der Waals surface area contributed by atoms with Gasteiger partial charge in [0.15, 0.2) is 11.5 Å². The van der Waals surface area contributed by atoms with Crippen molar-refractivity contribution in [3.8, 4) is 22.6 Å². The number of carbonyl (C=O) groups is 4. The molecule has 14 heteroatoms. The number of aryl methyl sites for hydroxylation is 1. The Kier molecular flexibility index (Phi) is 14.8. The largest absolute Gasteiger partial charge is 0.493 e. The summed E-state index contributed by atoms with van der Waals surface area (Å²) in [5, 5.41) is 16.0. The van der Waals surface area contributed by atoms with Crippen LogP contribution in [0.1, 0.15) is 121 Å². The summed E-state index contributed by atoms with van der Waals surface area (Å²) in [6, 6.07) is 19.0. The van der Waals surface area contributed by atoms with Crippen molar-refractivity contribution in [3.05, 3.63) is 93.4 Å². The molecule has 13 nitrogen and oxygen atoms in total. The number of piperidine rings is 1. The third-order valence-electron chi connectivity index (χ3n) is 11.7. The number of amides is 4. The predicted molar refractivity (Wildman–Crippen MR) is 244 cm³/mol. The fourth-order valence-corrected chi connectivity index (χ4v) is 9.20. The monoisotopic (exact) mass is 859 g/mol. The lowest BCUT2D eigenvalue weighted by atomic mass is 10.0. The first-order chi connectivity index (χ1) is 30.1. The van der Waals surface area contributed by atoms with Crippen molar-refractivity contribution in [1.29, 1.82) is 0 Å². The van der Waals surface area contributed by atoms with E-state index in [9.17, 15) is 19.2 Å². The number of imide groups is 2. The lowest BCUT2D eigenvalue weighted by molar-refractivity contribution is -0.136. The van der Waals surface area contributed by atoms with Crippen LogP contribution in [0.15, 0.2) is 66.0 Å². The summed E-state index contributed by atoms with van der Waals surface area (Å²) in [5.74, 6) is 0.765. The Labute approximate surface area is 367 Å². The van der Waals surface area contributed by atoms with Crippen LogP contribution in [0.3, 0.4) is 0 Å².